The Labute approximate surface area is 109 Å². The Morgan fingerprint density at radius 1 is 0.944 bits per heavy atom. The van der Waals surface area contributed by atoms with E-state index in [0.29, 0.717) is 12.8 Å². The van der Waals surface area contributed by atoms with Crippen molar-refractivity contribution in [2.45, 2.75) is 53.9 Å². The molecule has 0 spiro atoms. The number of hydrogen-bond donors (Lipinski definition) is 2. The van der Waals surface area contributed by atoms with Crippen molar-refractivity contribution in [1.82, 2.24) is 0 Å². The van der Waals surface area contributed by atoms with E-state index in [2.05, 4.69) is 0 Å². The molecule has 4 heteroatoms. The standard InChI is InChI=1S/C14H26O4/c1-9(2)7-14(13(17)18,8-10(3)4)11(5)6-12(15)16/h9-11H,6-8H2,1-5H3,(H,15,16)(H,17,18). The first-order valence-electron chi connectivity index (χ1n) is 6.57. The van der Waals surface area contributed by atoms with Gasteiger partial charge in [0.25, 0.3) is 0 Å². The van der Waals surface area contributed by atoms with Crippen molar-refractivity contribution >= 4 is 11.9 Å². The average molecular weight is 258 g/mol. The van der Waals surface area contributed by atoms with Crippen LogP contribution in [0.25, 0.3) is 0 Å². The summed E-state index contributed by atoms with van der Waals surface area (Å²) in [5.74, 6) is -1.69. The molecule has 0 saturated carbocycles. The van der Waals surface area contributed by atoms with Gasteiger partial charge in [0.05, 0.1) is 5.41 Å². The fourth-order valence-electron chi connectivity index (χ4n) is 2.79. The largest absolute Gasteiger partial charge is 0.481 e. The summed E-state index contributed by atoms with van der Waals surface area (Å²) in [6, 6.07) is 0. The molecule has 0 heterocycles. The van der Waals surface area contributed by atoms with Crippen LogP contribution < -0.4 is 0 Å². The SMILES string of the molecule is CC(C)CC(CC(C)C)(C(=O)O)C(C)CC(=O)O. The second-order valence-corrected chi connectivity index (χ2v) is 6.16. The smallest absolute Gasteiger partial charge is 0.309 e. The van der Waals surface area contributed by atoms with E-state index >= 15 is 0 Å². The van der Waals surface area contributed by atoms with Crippen LogP contribution in [-0.4, -0.2) is 22.2 Å². The fraction of sp³-hybridized carbons (Fsp3) is 0.857. The van der Waals surface area contributed by atoms with Crippen molar-refractivity contribution in [3.8, 4) is 0 Å². The fourth-order valence-corrected chi connectivity index (χ4v) is 2.79. The van der Waals surface area contributed by atoms with Crippen molar-refractivity contribution in [2.75, 3.05) is 0 Å². The monoisotopic (exact) mass is 258 g/mol. The summed E-state index contributed by atoms with van der Waals surface area (Å²) in [6.07, 6.45) is 0.954. The summed E-state index contributed by atoms with van der Waals surface area (Å²) in [7, 11) is 0. The Balaban J connectivity index is 5.29. The molecule has 0 aromatic carbocycles. The van der Waals surface area contributed by atoms with Crippen LogP contribution in [0.4, 0.5) is 0 Å². The molecule has 0 aliphatic heterocycles. The normalized spacial score (nSPS) is 13.9. The second kappa shape index (κ2) is 6.76. The van der Waals surface area contributed by atoms with Crippen LogP contribution in [0, 0.1) is 23.2 Å². The van der Waals surface area contributed by atoms with E-state index in [4.69, 9.17) is 5.11 Å². The molecule has 2 N–H and O–H groups in total. The summed E-state index contributed by atoms with van der Waals surface area (Å²) in [5.41, 5.74) is -0.930. The Morgan fingerprint density at radius 3 is 1.56 bits per heavy atom. The second-order valence-electron chi connectivity index (χ2n) is 6.16. The van der Waals surface area contributed by atoms with Crippen LogP contribution in [-0.2, 0) is 9.59 Å². The van der Waals surface area contributed by atoms with Crippen LogP contribution >= 0.6 is 0 Å². The Morgan fingerprint density at radius 2 is 1.33 bits per heavy atom. The molecule has 0 saturated heterocycles. The summed E-state index contributed by atoms with van der Waals surface area (Å²) < 4.78 is 0. The van der Waals surface area contributed by atoms with E-state index in [-0.39, 0.29) is 24.2 Å². The minimum Gasteiger partial charge on any atom is -0.481 e. The minimum atomic E-state index is -0.930. The van der Waals surface area contributed by atoms with Gasteiger partial charge in [-0.15, -0.1) is 0 Å². The molecule has 1 unspecified atom stereocenters. The molecule has 4 nitrogen and oxygen atoms in total. The summed E-state index contributed by atoms with van der Waals surface area (Å²) in [5, 5.41) is 18.5. The maximum absolute atomic E-state index is 11.7. The third-order valence-electron chi connectivity index (χ3n) is 3.40. The van der Waals surface area contributed by atoms with Crippen LogP contribution in [0.2, 0.25) is 0 Å². The van der Waals surface area contributed by atoms with Crippen molar-refractivity contribution in [3.05, 3.63) is 0 Å². The van der Waals surface area contributed by atoms with E-state index < -0.39 is 17.4 Å². The number of carboxylic acids is 2. The molecule has 0 aromatic rings. The third kappa shape index (κ3) is 4.67. The molecule has 0 radical (unpaired) electrons. The average Bonchev–Trinajstić information content (AvgIpc) is 2.13. The highest BCUT2D eigenvalue weighted by molar-refractivity contribution is 5.76. The predicted molar refractivity (Wildman–Crippen MR) is 70.4 cm³/mol. The molecule has 106 valence electrons. The predicted octanol–water partition coefficient (Wildman–Crippen LogP) is 3.26. The van der Waals surface area contributed by atoms with Gasteiger partial charge in [-0.3, -0.25) is 9.59 Å². The molecule has 0 aromatic heterocycles. The number of carboxylic acid groups (broad SMARTS) is 2. The van der Waals surface area contributed by atoms with E-state index in [1.807, 2.05) is 27.7 Å². The zero-order valence-electron chi connectivity index (χ0n) is 12.1. The molecule has 0 bridgehead atoms. The topological polar surface area (TPSA) is 74.6 Å². The van der Waals surface area contributed by atoms with Crippen LogP contribution in [0.1, 0.15) is 53.9 Å². The lowest BCUT2D eigenvalue weighted by Gasteiger charge is -2.37. The van der Waals surface area contributed by atoms with Gasteiger partial charge < -0.3 is 10.2 Å². The maximum Gasteiger partial charge on any atom is 0.309 e. The number of hydrogen-bond acceptors (Lipinski definition) is 2. The van der Waals surface area contributed by atoms with Crippen molar-refractivity contribution < 1.29 is 19.8 Å². The molecular formula is C14H26O4. The van der Waals surface area contributed by atoms with E-state index in [9.17, 15) is 14.7 Å². The van der Waals surface area contributed by atoms with Gasteiger partial charge in [0.2, 0.25) is 0 Å². The van der Waals surface area contributed by atoms with Crippen molar-refractivity contribution in [1.29, 1.82) is 0 Å². The van der Waals surface area contributed by atoms with Crippen LogP contribution in [0.5, 0.6) is 0 Å². The Hall–Kier alpha value is -1.06. The van der Waals surface area contributed by atoms with Gasteiger partial charge in [0.15, 0.2) is 0 Å². The molecule has 0 aliphatic rings. The highest BCUT2D eigenvalue weighted by Crippen LogP contribution is 2.42. The van der Waals surface area contributed by atoms with Gasteiger partial charge in [-0.2, -0.15) is 0 Å². The molecular weight excluding hydrogens is 232 g/mol. The maximum atomic E-state index is 11.7. The zero-order chi connectivity index (χ0) is 14.5. The van der Waals surface area contributed by atoms with Gasteiger partial charge in [-0.1, -0.05) is 34.6 Å². The first kappa shape index (κ1) is 16.9. The lowest BCUT2D eigenvalue weighted by molar-refractivity contribution is -0.157. The van der Waals surface area contributed by atoms with E-state index in [1.54, 1.807) is 6.92 Å². The summed E-state index contributed by atoms with van der Waals surface area (Å²) in [6.45, 7) is 9.65. The molecule has 18 heavy (non-hydrogen) atoms. The highest BCUT2D eigenvalue weighted by atomic mass is 16.4. The minimum absolute atomic E-state index is 0.0915. The third-order valence-corrected chi connectivity index (χ3v) is 3.40. The Kier molecular flexibility index (Phi) is 6.36. The number of rotatable bonds is 8. The summed E-state index contributed by atoms with van der Waals surface area (Å²) >= 11 is 0. The van der Waals surface area contributed by atoms with Crippen molar-refractivity contribution in [3.63, 3.8) is 0 Å². The van der Waals surface area contributed by atoms with Gasteiger partial charge in [0, 0.05) is 6.42 Å². The van der Waals surface area contributed by atoms with Gasteiger partial charge in [-0.25, -0.2) is 0 Å². The lowest BCUT2D eigenvalue weighted by atomic mass is 9.65. The molecule has 0 rings (SSSR count). The Bertz CT molecular complexity index is 284. The zero-order valence-corrected chi connectivity index (χ0v) is 12.1. The summed E-state index contributed by atoms with van der Waals surface area (Å²) in [4.78, 5) is 22.6. The molecule has 1 atom stereocenters. The highest BCUT2D eigenvalue weighted by Gasteiger charge is 2.44. The number of aliphatic carboxylic acids is 2. The molecule has 0 amide bonds. The first-order valence-corrected chi connectivity index (χ1v) is 6.57. The van der Waals surface area contributed by atoms with E-state index in [1.165, 1.54) is 0 Å². The first-order chi connectivity index (χ1) is 8.11. The number of carbonyl (C=O) groups is 2. The lowest BCUT2D eigenvalue weighted by Crippen LogP contribution is -2.41. The molecule has 0 aliphatic carbocycles. The van der Waals surface area contributed by atoms with Gasteiger partial charge in [0.1, 0.15) is 0 Å². The van der Waals surface area contributed by atoms with Gasteiger partial charge >= 0.3 is 11.9 Å². The van der Waals surface area contributed by atoms with Gasteiger partial charge in [-0.05, 0) is 30.6 Å². The quantitative estimate of drug-likeness (QED) is 0.700. The van der Waals surface area contributed by atoms with Crippen LogP contribution in [0.15, 0.2) is 0 Å². The van der Waals surface area contributed by atoms with Crippen molar-refractivity contribution in [2.24, 2.45) is 23.2 Å². The molecule has 0 fully saturated rings. The van der Waals surface area contributed by atoms with E-state index in [0.717, 1.165) is 0 Å². The van der Waals surface area contributed by atoms with Crippen LogP contribution in [0.3, 0.4) is 0 Å².